The molecule has 0 bridgehead atoms. The van der Waals surface area contributed by atoms with Crippen molar-refractivity contribution in [2.75, 3.05) is 74.1 Å². The van der Waals surface area contributed by atoms with Crippen LogP contribution in [0.3, 0.4) is 0 Å². The van der Waals surface area contributed by atoms with Gasteiger partial charge in [0.2, 0.25) is 0 Å². The van der Waals surface area contributed by atoms with Gasteiger partial charge < -0.3 is 25.3 Å². The Morgan fingerprint density at radius 2 is 1.53 bits per heavy atom. The summed E-state index contributed by atoms with van der Waals surface area (Å²) < 4.78 is 15.3. The van der Waals surface area contributed by atoms with Crippen LogP contribution in [-0.2, 0) is 0 Å². The van der Waals surface area contributed by atoms with Crippen molar-refractivity contribution in [2.45, 2.75) is 13.8 Å². The minimum absolute atomic E-state index is 0.0798. The second-order valence-corrected chi connectivity index (χ2v) is 9.57. The fourth-order valence-electron chi connectivity index (χ4n) is 4.53. The van der Waals surface area contributed by atoms with Crippen LogP contribution in [0.25, 0.3) is 0 Å². The van der Waals surface area contributed by atoms with Gasteiger partial charge in [0.25, 0.3) is 0 Å². The molecule has 4 rings (SSSR count). The number of thiocarbonyl (C=S) groups is 1. The largest absolute Gasteiger partial charge is 0.375 e. The molecule has 0 amide bonds. The highest BCUT2D eigenvalue weighted by atomic mass is 32.1. The summed E-state index contributed by atoms with van der Waals surface area (Å²) in [7, 11) is 2.12. The molecule has 0 spiro atoms. The van der Waals surface area contributed by atoms with E-state index in [2.05, 4.69) is 69.2 Å². The van der Waals surface area contributed by atoms with Gasteiger partial charge in [-0.2, -0.15) is 5.10 Å². The Hall–Kier alpha value is -2.91. The molecule has 0 saturated carbocycles. The Balaban J connectivity index is 1.55. The molecule has 0 aliphatic carbocycles. The normalized spacial score (nSPS) is 17.5. The molecule has 9 heteroatoms. The molecule has 2 aliphatic rings. The standard InChI is InChI=1S/C25H34FN7S/c1-18-4-5-21(14-19(18)2)31-10-12-33(13-11-31)24-16-23(32-8-6-30(3)7-9-32)20(15-22(24)26)17-28-29-25(27)34/h4-5,14-17H,6-13H2,1-3H3,(H3,27,29,34)/b28-17+. The van der Waals surface area contributed by atoms with Gasteiger partial charge in [-0.25, -0.2) is 4.39 Å². The van der Waals surface area contributed by atoms with Gasteiger partial charge in [0.1, 0.15) is 5.82 Å². The van der Waals surface area contributed by atoms with Crippen molar-refractivity contribution in [2.24, 2.45) is 10.8 Å². The third-order valence-electron chi connectivity index (χ3n) is 6.79. The molecule has 2 saturated heterocycles. The number of rotatable bonds is 5. The van der Waals surface area contributed by atoms with Crippen LogP contribution in [-0.4, -0.2) is 75.6 Å². The van der Waals surface area contributed by atoms with Crippen molar-refractivity contribution in [1.29, 1.82) is 0 Å². The van der Waals surface area contributed by atoms with Gasteiger partial charge in [-0.1, -0.05) is 6.07 Å². The summed E-state index contributed by atoms with van der Waals surface area (Å²) in [5, 5.41) is 4.17. The monoisotopic (exact) mass is 483 g/mol. The summed E-state index contributed by atoms with van der Waals surface area (Å²) in [5.74, 6) is -0.241. The topological polar surface area (TPSA) is 63.4 Å². The lowest BCUT2D eigenvalue weighted by atomic mass is 10.1. The van der Waals surface area contributed by atoms with Gasteiger partial charge >= 0.3 is 0 Å². The zero-order chi connectivity index (χ0) is 24.2. The van der Waals surface area contributed by atoms with Gasteiger partial charge in [0.05, 0.1) is 11.9 Å². The quantitative estimate of drug-likeness (QED) is 0.385. The van der Waals surface area contributed by atoms with E-state index < -0.39 is 0 Å². The number of nitrogens with zero attached hydrogens (tertiary/aromatic N) is 5. The van der Waals surface area contributed by atoms with Crippen LogP contribution < -0.4 is 25.9 Å². The molecule has 0 radical (unpaired) electrons. The molecule has 2 aromatic carbocycles. The maximum atomic E-state index is 15.3. The first-order valence-corrected chi connectivity index (χ1v) is 12.2. The zero-order valence-corrected chi connectivity index (χ0v) is 21.0. The number of nitrogens with one attached hydrogen (secondary N) is 1. The third-order valence-corrected chi connectivity index (χ3v) is 6.89. The van der Waals surface area contributed by atoms with Crippen molar-refractivity contribution in [1.82, 2.24) is 10.3 Å². The number of hydrogen-bond acceptors (Lipinski definition) is 6. The highest BCUT2D eigenvalue weighted by molar-refractivity contribution is 7.80. The summed E-state index contributed by atoms with van der Waals surface area (Å²) in [5.41, 5.74) is 14.2. The van der Waals surface area contributed by atoms with Crippen molar-refractivity contribution < 1.29 is 4.39 Å². The number of piperazine rings is 2. The number of hydrazone groups is 1. The van der Waals surface area contributed by atoms with Crippen LogP contribution in [0, 0.1) is 19.7 Å². The van der Waals surface area contributed by atoms with E-state index in [-0.39, 0.29) is 10.9 Å². The predicted octanol–water partition coefficient (Wildman–Crippen LogP) is 2.69. The number of nitrogens with two attached hydrogens (primary N) is 1. The Bertz CT molecular complexity index is 1060. The van der Waals surface area contributed by atoms with E-state index in [0.717, 1.165) is 58.0 Å². The SMILES string of the molecule is Cc1ccc(N2CCN(c3cc(N4CCN(C)CC4)c(/C=N/NC(N)=S)cc3F)CC2)cc1C. The van der Waals surface area contributed by atoms with E-state index in [9.17, 15) is 0 Å². The van der Waals surface area contributed by atoms with Crippen LogP contribution in [0.2, 0.25) is 0 Å². The molecule has 3 N–H and O–H groups in total. The van der Waals surface area contributed by atoms with Crippen LogP contribution in [0.1, 0.15) is 16.7 Å². The van der Waals surface area contributed by atoms with Crippen molar-refractivity contribution >= 4 is 40.6 Å². The molecule has 7 nitrogen and oxygen atoms in total. The Labute approximate surface area is 207 Å². The number of anilines is 3. The molecule has 0 atom stereocenters. The van der Waals surface area contributed by atoms with Gasteiger partial charge in [0, 0.05) is 69.3 Å². The number of benzene rings is 2. The van der Waals surface area contributed by atoms with Crippen LogP contribution in [0.5, 0.6) is 0 Å². The van der Waals surface area contributed by atoms with Crippen LogP contribution in [0.15, 0.2) is 35.4 Å². The average Bonchev–Trinajstić information content (AvgIpc) is 2.82. The first kappa shape index (κ1) is 24.2. The van der Waals surface area contributed by atoms with Crippen LogP contribution in [0.4, 0.5) is 21.5 Å². The molecule has 182 valence electrons. The maximum absolute atomic E-state index is 15.3. The minimum atomic E-state index is -0.241. The lowest BCUT2D eigenvalue weighted by Gasteiger charge is -2.39. The van der Waals surface area contributed by atoms with E-state index >= 15 is 4.39 Å². The molecule has 2 heterocycles. The fourth-order valence-corrected chi connectivity index (χ4v) is 4.58. The van der Waals surface area contributed by atoms with E-state index in [1.54, 1.807) is 12.3 Å². The smallest absolute Gasteiger partial charge is 0.184 e. The second-order valence-electron chi connectivity index (χ2n) is 9.13. The summed E-state index contributed by atoms with van der Waals surface area (Å²) in [6.07, 6.45) is 1.59. The summed E-state index contributed by atoms with van der Waals surface area (Å²) in [4.78, 5) is 9.14. The lowest BCUT2D eigenvalue weighted by molar-refractivity contribution is 0.313. The maximum Gasteiger partial charge on any atom is 0.184 e. The number of hydrogen-bond donors (Lipinski definition) is 2. The van der Waals surface area contributed by atoms with Gasteiger partial charge in [-0.15, -0.1) is 0 Å². The fraction of sp³-hybridized carbons (Fsp3) is 0.440. The van der Waals surface area contributed by atoms with E-state index in [1.807, 2.05) is 6.07 Å². The number of likely N-dealkylation sites (N-methyl/N-ethyl adjacent to an activating group) is 1. The van der Waals surface area contributed by atoms with Gasteiger partial charge in [-0.3, -0.25) is 5.43 Å². The third kappa shape index (κ3) is 5.59. The highest BCUT2D eigenvalue weighted by Crippen LogP contribution is 2.31. The number of halogens is 1. The average molecular weight is 484 g/mol. The molecule has 2 aliphatic heterocycles. The first-order chi connectivity index (χ1) is 16.3. The highest BCUT2D eigenvalue weighted by Gasteiger charge is 2.24. The van der Waals surface area contributed by atoms with Crippen molar-refractivity contribution in [3.8, 4) is 0 Å². The molecule has 2 aromatic rings. The van der Waals surface area contributed by atoms with Crippen molar-refractivity contribution in [3.63, 3.8) is 0 Å². The minimum Gasteiger partial charge on any atom is -0.375 e. The van der Waals surface area contributed by atoms with Crippen LogP contribution >= 0.6 is 12.2 Å². The Kier molecular flexibility index (Phi) is 7.53. The zero-order valence-electron chi connectivity index (χ0n) is 20.2. The van der Waals surface area contributed by atoms with E-state index in [4.69, 9.17) is 18.0 Å². The molecular weight excluding hydrogens is 449 g/mol. The molecular formula is C25H34FN7S. The Morgan fingerprint density at radius 1 is 0.912 bits per heavy atom. The molecule has 34 heavy (non-hydrogen) atoms. The molecule has 2 fully saturated rings. The summed E-state index contributed by atoms with van der Waals surface area (Å²) in [6, 6.07) is 10.1. The summed E-state index contributed by atoms with van der Waals surface area (Å²) in [6.45, 7) is 11.2. The molecule has 0 unspecified atom stereocenters. The van der Waals surface area contributed by atoms with Crippen molar-refractivity contribution in [3.05, 3.63) is 52.8 Å². The second kappa shape index (κ2) is 10.6. The lowest BCUT2D eigenvalue weighted by Crippen LogP contribution is -2.47. The van der Waals surface area contributed by atoms with Gasteiger partial charge in [0.15, 0.2) is 5.11 Å². The number of aryl methyl sites for hydroxylation is 2. The first-order valence-electron chi connectivity index (χ1n) is 11.7. The predicted molar refractivity (Wildman–Crippen MR) is 144 cm³/mol. The van der Waals surface area contributed by atoms with E-state index in [0.29, 0.717) is 11.3 Å². The Morgan fingerprint density at radius 3 is 2.18 bits per heavy atom. The van der Waals surface area contributed by atoms with E-state index in [1.165, 1.54) is 16.8 Å². The molecule has 0 aromatic heterocycles. The van der Waals surface area contributed by atoms with Gasteiger partial charge in [-0.05, 0) is 68.5 Å². The summed E-state index contributed by atoms with van der Waals surface area (Å²) >= 11 is 4.82.